The molecule has 0 amide bonds. The standard InChI is InChI=1S/C25H27NOSi.Ti/c1-17-19-10-6-8-12-21(19)23-14-18(16-28(27)26(5)25(2,3)4)15-24(23)22-13-9-7-11-20(17)22;/h6-14H,1,15-16H2,2-5H3;. The Labute approximate surface area is 190 Å². The Morgan fingerprint density at radius 1 is 0.966 bits per heavy atom. The summed E-state index contributed by atoms with van der Waals surface area (Å²) in [6.07, 6.45) is 3.14. The van der Waals surface area contributed by atoms with Crippen molar-refractivity contribution in [3.8, 4) is 0 Å². The molecule has 0 spiro atoms. The predicted molar refractivity (Wildman–Crippen MR) is 119 cm³/mol. The summed E-state index contributed by atoms with van der Waals surface area (Å²) in [4.78, 5) is 0. The summed E-state index contributed by atoms with van der Waals surface area (Å²) in [5.41, 5.74) is 9.75. The van der Waals surface area contributed by atoms with Crippen LogP contribution < -0.4 is 0 Å². The van der Waals surface area contributed by atoms with E-state index in [4.69, 9.17) is 0 Å². The van der Waals surface area contributed by atoms with Gasteiger partial charge in [0.2, 0.25) is 0 Å². The average Bonchev–Trinajstić information content (AvgIpc) is 3.05. The average molecular weight is 433 g/mol. The van der Waals surface area contributed by atoms with Crippen LogP contribution in [0, 0.1) is 0 Å². The molecule has 0 bridgehead atoms. The van der Waals surface area contributed by atoms with E-state index < -0.39 is 8.84 Å². The van der Waals surface area contributed by atoms with E-state index in [-0.39, 0.29) is 27.3 Å². The monoisotopic (exact) mass is 433 g/mol. The van der Waals surface area contributed by atoms with Crippen LogP contribution in [0.5, 0.6) is 0 Å². The SMILES string of the molecule is C=C1c2ccccc2C2=C(CC(C[Si](=O)N(C)C(C)(C)C)=C2)c2ccccc21.[Ti]. The van der Waals surface area contributed by atoms with Crippen molar-refractivity contribution >= 4 is 25.6 Å². The molecule has 0 N–H and O–H groups in total. The zero-order chi connectivity index (χ0) is 20.1. The van der Waals surface area contributed by atoms with Crippen LogP contribution in [0.3, 0.4) is 0 Å². The summed E-state index contributed by atoms with van der Waals surface area (Å²) in [5, 5.41) is 0. The van der Waals surface area contributed by atoms with Gasteiger partial charge in [0.1, 0.15) is 0 Å². The molecule has 0 saturated carbocycles. The molecule has 0 heterocycles. The Bertz CT molecular complexity index is 1060. The van der Waals surface area contributed by atoms with Crippen LogP contribution in [0.4, 0.5) is 0 Å². The van der Waals surface area contributed by atoms with E-state index in [2.05, 4.69) is 82.0 Å². The normalized spacial score (nSPS) is 14.9. The Balaban J connectivity index is 0.00000240. The molecule has 0 radical (unpaired) electrons. The van der Waals surface area contributed by atoms with Gasteiger partial charge in [0.05, 0.1) is 0 Å². The topological polar surface area (TPSA) is 20.3 Å². The zero-order valence-electron chi connectivity index (χ0n) is 17.7. The second-order valence-corrected chi connectivity index (χ2v) is 10.6. The van der Waals surface area contributed by atoms with Crippen molar-refractivity contribution in [3.63, 3.8) is 0 Å². The largest absolute Gasteiger partial charge is 0.399 e. The first-order valence-electron chi connectivity index (χ1n) is 9.85. The van der Waals surface area contributed by atoms with Crippen LogP contribution in [-0.4, -0.2) is 26.0 Å². The van der Waals surface area contributed by atoms with E-state index in [1.165, 1.54) is 39.0 Å². The van der Waals surface area contributed by atoms with E-state index in [1.807, 2.05) is 11.6 Å². The maximum absolute atomic E-state index is 13.0. The molecule has 2 nitrogen and oxygen atoms in total. The first-order chi connectivity index (χ1) is 13.3. The van der Waals surface area contributed by atoms with E-state index in [0.29, 0.717) is 6.04 Å². The van der Waals surface area contributed by atoms with E-state index in [1.54, 1.807) is 0 Å². The Morgan fingerprint density at radius 3 is 2.07 bits per heavy atom. The molecule has 29 heavy (non-hydrogen) atoms. The minimum absolute atomic E-state index is 0. The van der Waals surface area contributed by atoms with Crippen LogP contribution in [0.2, 0.25) is 6.04 Å². The molecule has 0 unspecified atom stereocenters. The summed E-state index contributed by atoms with van der Waals surface area (Å²) in [7, 11) is 0.124. The Morgan fingerprint density at radius 2 is 1.48 bits per heavy atom. The fourth-order valence-electron chi connectivity index (χ4n) is 4.08. The van der Waals surface area contributed by atoms with Crippen LogP contribution in [0.1, 0.15) is 49.4 Å². The summed E-state index contributed by atoms with van der Waals surface area (Å²) in [6, 6.07) is 17.7. The van der Waals surface area contributed by atoms with Crippen molar-refractivity contribution in [2.75, 3.05) is 7.05 Å². The predicted octanol–water partition coefficient (Wildman–Crippen LogP) is 5.95. The van der Waals surface area contributed by atoms with Crippen molar-refractivity contribution in [2.24, 2.45) is 0 Å². The molecule has 2 aromatic carbocycles. The second-order valence-electron chi connectivity index (χ2n) is 8.74. The van der Waals surface area contributed by atoms with Crippen molar-refractivity contribution in [3.05, 3.63) is 89.0 Å². The summed E-state index contributed by atoms with van der Waals surface area (Å²) < 4.78 is 15.0. The van der Waals surface area contributed by atoms with Gasteiger partial charge in [-0.1, -0.05) is 66.8 Å². The Kier molecular flexibility index (Phi) is 6.14. The maximum Gasteiger partial charge on any atom is 0.399 e. The third kappa shape index (κ3) is 3.96. The van der Waals surface area contributed by atoms with Gasteiger partial charge in [-0.05, 0) is 66.2 Å². The van der Waals surface area contributed by atoms with Crippen molar-refractivity contribution < 1.29 is 26.2 Å². The number of rotatable bonds is 3. The van der Waals surface area contributed by atoms with Gasteiger partial charge in [0, 0.05) is 40.3 Å². The summed E-state index contributed by atoms with van der Waals surface area (Å²) in [6.45, 7) is 10.7. The maximum atomic E-state index is 13.0. The third-order valence-corrected chi connectivity index (χ3v) is 8.13. The summed E-state index contributed by atoms with van der Waals surface area (Å²) in [5.74, 6) is 0. The number of benzene rings is 2. The van der Waals surface area contributed by atoms with Gasteiger partial charge in [-0.3, -0.25) is 0 Å². The molecule has 146 valence electrons. The van der Waals surface area contributed by atoms with Gasteiger partial charge in [-0.25, -0.2) is 0 Å². The molecule has 0 fully saturated rings. The number of hydrogen-bond acceptors (Lipinski definition) is 1. The molecule has 0 aliphatic heterocycles. The smallest absolute Gasteiger partial charge is 0.375 e. The number of hydrogen-bond donors (Lipinski definition) is 0. The first kappa shape index (κ1) is 21.9. The van der Waals surface area contributed by atoms with E-state index in [9.17, 15) is 4.46 Å². The van der Waals surface area contributed by atoms with Crippen molar-refractivity contribution in [1.82, 2.24) is 4.57 Å². The molecule has 2 aromatic rings. The second kappa shape index (κ2) is 8.14. The number of allylic oxidation sites excluding steroid dienone is 4. The van der Waals surface area contributed by atoms with E-state index in [0.717, 1.165) is 12.0 Å². The number of nitrogens with zero attached hydrogens (tertiary/aromatic N) is 1. The Hall–Kier alpha value is -1.81. The molecule has 4 rings (SSSR count). The fraction of sp³-hybridized carbons (Fsp3) is 0.280. The fourth-order valence-corrected chi connectivity index (χ4v) is 5.68. The molecular formula is C25H27NOSiTi. The molecule has 2 aliphatic carbocycles. The van der Waals surface area contributed by atoms with Gasteiger partial charge in [0.15, 0.2) is 0 Å². The van der Waals surface area contributed by atoms with Gasteiger partial charge in [-0.15, -0.1) is 0 Å². The number of fused-ring (bicyclic) bond motifs is 4. The molecular weight excluding hydrogens is 406 g/mol. The van der Waals surface area contributed by atoms with Crippen LogP contribution >= 0.6 is 0 Å². The molecule has 4 heteroatoms. The van der Waals surface area contributed by atoms with Crippen molar-refractivity contribution in [1.29, 1.82) is 0 Å². The van der Waals surface area contributed by atoms with Crippen molar-refractivity contribution in [2.45, 2.75) is 38.8 Å². The van der Waals surface area contributed by atoms with Crippen LogP contribution in [0.15, 0.2) is 66.8 Å². The van der Waals surface area contributed by atoms with Gasteiger partial charge in [-0.2, -0.15) is 0 Å². The quantitative estimate of drug-likeness (QED) is 0.558. The van der Waals surface area contributed by atoms with Gasteiger partial charge in [0.25, 0.3) is 0 Å². The third-order valence-electron chi connectivity index (χ3n) is 5.96. The van der Waals surface area contributed by atoms with Crippen LogP contribution in [-0.2, 0) is 26.2 Å². The van der Waals surface area contributed by atoms with E-state index >= 15 is 0 Å². The molecule has 0 saturated heterocycles. The van der Waals surface area contributed by atoms with Crippen LogP contribution in [0.25, 0.3) is 16.7 Å². The minimum Gasteiger partial charge on any atom is -0.375 e. The molecule has 2 aliphatic rings. The zero-order valence-corrected chi connectivity index (χ0v) is 20.2. The summed E-state index contributed by atoms with van der Waals surface area (Å²) >= 11 is 0. The van der Waals surface area contributed by atoms with Gasteiger partial charge < -0.3 is 9.03 Å². The molecule has 0 atom stereocenters. The molecule has 0 aromatic heterocycles. The first-order valence-corrected chi connectivity index (χ1v) is 11.4. The van der Waals surface area contributed by atoms with Gasteiger partial charge >= 0.3 is 8.84 Å². The minimum atomic E-state index is -1.85.